The first kappa shape index (κ1) is 41.9. The molecular formula is C40H40N10O7S3. The average Bonchev–Trinajstić information content (AvgIpc) is 3.88. The van der Waals surface area contributed by atoms with Crippen LogP contribution in [0.3, 0.4) is 0 Å². The van der Waals surface area contributed by atoms with Crippen molar-refractivity contribution in [1.29, 1.82) is 0 Å². The number of β-lactam (4-membered cyclic amide) rings is 1. The van der Waals surface area contributed by atoms with E-state index in [2.05, 4.69) is 31.3 Å². The Balaban J connectivity index is 1.19. The van der Waals surface area contributed by atoms with Gasteiger partial charge in [-0.15, -0.1) is 27.9 Å². The van der Waals surface area contributed by atoms with Gasteiger partial charge in [0.15, 0.2) is 10.8 Å². The Labute approximate surface area is 356 Å². The number of hydrogen-bond acceptors (Lipinski definition) is 16. The molecule has 4 heterocycles. The molecule has 0 spiro atoms. The molecule has 1 unspecified atom stereocenters. The summed E-state index contributed by atoms with van der Waals surface area (Å²) < 4.78 is 5.45. The molecule has 7 rings (SSSR count). The molecule has 2 aliphatic heterocycles. The van der Waals surface area contributed by atoms with Crippen LogP contribution < -0.4 is 16.5 Å². The van der Waals surface area contributed by atoms with Crippen molar-refractivity contribution in [2.75, 3.05) is 22.7 Å². The summed E-state index contributed by atoms with van der Waals surface area (Å²) >= 11 is 3.63. The number of carboxylic acid groups (broad SMARTS) is 1. The fourth-order valence-electron chi connectivity index (χ4n) is 6.58. The first-order valence-corrected chi connectivity index (χ1v) is 21.4. The van der Waals surface area contributed by atoms with Gasteiger partial charge in [-0.2, -0.15) is 0 Å². The van der Waals surface area contributed by atoms with Crippen molar-refractivity contribution in [2.24, 2.45) is 5.16 Å². The monoisotopic (exact) mass is 868 g/mol. The number of fused-ring (bicyclic) bond motifs is 1. The van der Waals surface area contributed by atoms with E-state index in [0.717, 1.165) is 38.1 Å². The fourth-order valence-corrected chi connectivity index (χ4v) is 9.61. The molecule has 60 heavy (non-hydrogen) atoms. The first-order chi connectivity index (χ1) is 28.8. The molecule has 5 N–H and O–H groups in total. The summed E-state index contributed by atoms with van der Waals surface area (Å²) in [6, 6.07) is 28.6. The molecular weight excluding hydrogens is 829 g/mol. The predicted molar refractivity (Wildman–Crippen MR) is 226 cm³/mol. The molecule has 3 aromatic carbocycles. The number of tetrazole rings is 1. The lowest BCUT2D eigenvalue weighted by Gasteiger charge is -2.49. The number of nitrogens with two attached hydrogens (primary N) is 1. The number of nitrogen functional groups attached to an aromatic ring is 1. The maximum Gasteiger partial charge on any atom is 0.352 e. The second-order valence-electron chi connectivity index (χ2n) is 14.5. The van der Waals surface area contributed by atoms with Crippen molar-refractivity contribution in [3.8, 4) is 0 Å². The van der Waals surface area contributed by atoms with Crippen molar-refractivity contribution in [3.63, 3.8) is 0 Å². The minimum absolute atomic E-state index is 0.0899. The number of aliphatic carboxylic acids is 1. The van der Waals surface area contributed by atoms with Gasteiger partial charge in [-0.3, -0.25) is 14.5 Å². The minimum atomic E-state index is -1.30. The van der Waals surface area contributed by atoms with Gasteiger partial charge in [0.2, 0.25) is 11.3 Å². The summed E-state index contributed by atoms with van der Waals surface area (Å²) in [5, 5.41) is 33.2. The molecule has 0 aliphatic carbocycles. The van der Waals surface area contributed by atoms with E-state index < -0.39 is 52.4 Å². The van der Waals surface area contributed by atoms with Crippen LogP contribution in [0.5, 0.6) is 0 Å². The Kier molecular flexibility index (Phi) is 12.2. The number of benzene rings is 3. The van der Waals surface area contributed by atoms with Crippen molar-refractivity contribution >= 4 is 69.5 Å². The van der Waals surface area contributed by atoms with Gasteiger partial charge in [-0.1, -0.05) is 113 Å². The maximum absolute atomic E-state index is 14.2. The van der Waals surface area contributed by atoms with E-state index in [1.807, 2.05) is 91.0 Å². The summed E-state index contributed by atoms with van der Waals surface area (Å²) in [6.45, 7) is 6.57. The first-order valence-electron chi connectivity index (χ1n) is 18.5. The molecule has 0 bridgehead atoms. The van der Waals surface area contributed by atoms with E-state index in [-0.39, 0.29) is 33.8 Å². The van der Waals surface area contributed by atoms with Crippen LogP contribution in [0, 0.1) is 0 Å². The second kappa shape index (κ2) is 17.5. The average molecular weight is 869 g/mol. The molecule has 310 valence electrons. The molecule has 2 amide bonds. The largest absolute Gasteiger partial charge is 0.477 e. The molecule has 17 nitrogen and oxygen atoms in total. The third-order valence-electron chi connectivity index (χ3n) is 9.29. The number of ether oxygens (including phenoxy) is 1. The number of carboxylic acids is 1. The number of rotatable bonds is 15. The summed E-state index contributed by atoms with van der Waals surface area (Å²) in [5.41, 5.74) is 1.07. The molecule has 20 heteroatoms. The number of thiazole rings is 1. The van der Waals surface area contributed by atoms with Gasteiger partial charge in [-0.05, 0) is 60.4 Å². The highest BCUT2D eigenvalue weighted by Gasteiger charge is 2.54. The van der Waals surface area contributed by atoms with Crippen LogP contribution in [0.15, 0.2) is 118 Å². The van der Waals surface area contributed by atoms with Gasteiger partial charge in [0.25, 0.3) is 11.8 Å². The number of aromatic nitrogens is 5. The Morgan fingerprint density at radius 2 is 1.60 bits per heavy atom. The van der Waals surface area contributed by atoms with Crippen LogP contribution in [0.4, 0.5) is 5.13 Å². The molecule has 2 aromatic heterocycles. The maximum atomic E-state index is 14.2. The number of amides is 2. The molecule has 3 atom stereocenters. The van der Waals surface area contributed by atoms with Crippen LogP contribution in [0.25, 0.3) is 0 Å². The summed E-state index contributed by atoms with van der Waals surface area (Å²) in [5.74, 6) is 2.63. The van der Waals surface area contributed by atoms with Gasteiger partial charge in [0, 0.05) is 16.9 Å². The Morgan fingerprint density at radius 1 is 1.00 bits per heavy atom. The standard InChI is InChI=1S/C40H40N10O7S3/c1-23(36(55)56-39(2,3)4)57-46-29(32(51)43-30-33(52)49-31(35(53)54)24(20-58-34(30)49)21-60-38-45-47-48-50(38)41)28-22-59-37(42-28)44-40(25-14-8-5-9-15-25,26-16-10-6-11-17-26)27-18-12-7-13-19-27/h5-19,22-23,30,34H,20-21,41H2,1-4H3,(H,42,44)(H,43,51)(H,53,54)/b46-29+/t23?,30-,34-/m1/s1. The van der Waals surface area contributed by atoms with E-state index >= 15 is 0 Å². The fraction of sp³-hybridized carbons (Fsp3) is 0.275. The summed E-state index contributed by atoms with van der Waals surface area (Å²) in [4.78, 5) is 65.8. The zero-order valence-corrected chi connectivity index (χ0v) is 35.2. The van der Waals surface area contributed by atoms with E-state index in [4.69, 9.17) is 20.4 Å². The number of nitrogens with one attached hydrogen (secondary N) is 2. The highest BCUT2D eigenvalue weighted by atomic mass is 32.2. The lowest BCUT2D eigenvalue weighted by molar-refractivity contribution is -0.167. The van der Waals surface area contributed by atoms with Crippen molar-refractivity contribution in [1.82, 2.24) is 35.5 Å². The molecule has 0 radical (unpaired) electrons. The van der Waals surface area contributed by atoms with E-state index in [0.29, 0.717) is 10.7 Å². The van der Waals surface area contributed by atoms with Crippen molar-refractivity contribution in [3.05, 3.63) is 130 Å². The Hall–Kier alpha value is -6.25. The third kappa shape index (κ3) is 8.70. The number of anilines is 1. The topological polar surface area (TPSA) is 229 Å². The zero-order valence-electron chi connectivity index (χ0n) is 32.7. The van der Waals surface area contributed by atoms with Gasteiger partial charge in [0.1, 0.15) is 33.9 Å². The van der Waals surface area contributed by atoms with Crippen LogP contribution in [0.2, 0.25) is 0 Å². The van der Waals surface area contributed by atoms with Crippen molar-refractivity contribution in [2.45, 2.75) is 61.5 Å². The Bertz CT molecular complexity index is 2340. The van der Waals surface area contributed by atoms with Gasteiger partial charge < -0.3 is 31.2 Å². The normalized spacial score (nSPS) is 17.3. The number of carbonyl (C=O) groups excluding carboxylic acids is 3. The van der Waals surface area contributed by atoms with Gasteiger partial charge in [0.05, 0.1) is 0 Å². The smallest absolute Gasteiger partial charge is 0.352 e. The number of hydrogen-bond donors (Lipinski definition) is 4. The minimum Gasteiger partial charge on any atom is -0.477 e. The molecule has 1 fully saturated rings. The second-order valence-corrected chi connectivity index (χ2v) is 17.5. The number of esters is 1. The molecule has 1 saturated heterocycles. The molecule has 0 saturated carbocycles. The molecule has 5 aromatic rings. The van der Waals surface area contributed by atoms with Gasteiger partial charge >= 0.3 is 11.9 Å². The highest BCUT2D eigenvalue weighted by molar-refractivity contribution is 8.01. The lowest BCUT2D eigenvalue weighted by atomic mass is 9.77. The number of nitrogens with zero attached hydrogens (tertiary/aromatic N) is 7. The number of thioether (sulfide) groups is 2. The SMILES string of the molecule is CC(O/N=C(/C(=O)N[C@@H]1C(=O)N2C(C(=O)O)=C(CSc3nnnn3N)CS[C@H]12)c1csc(NC(c2ccccc2)(c2ccccc2)c2ccccc2)n1)C(=O)OC(C)(C)C. The lowest BCUT2D eigenvalue weighted by Crippen LogP contribution is -2.71. The quantitative estimate of drug-likeness (QED) is 0.0220. The summed E-state index contributed by atoms with van der Waals surface area (Å²) in [7, 11) is 0. The summed E-state index contributed by atoms with van der Waals surface area (Å²) in [6.07, 6.45) is -1.22. The van der Waals surface area contributed by atoms with Crippen LogP contribution >= 0.6 is 34.9 Å². The third-order valence-corrected chi connectivity index (χ3v) is 12.4. The van der Waals surface area contributed by atoms with Gasteiger partial charge in [-0.25, -0.2) is 14.6 Å². The molecule has 2 aliphatic rings. The highest BCUT2D eigenvalue weighted by Crippen LogP contribution is 2.43. The van der Waals surface area contributed by atoms with E-state index in [1.54, 1.807) is 26.2 Å². The zero-order chi connectivity index (χ0) is 42.6. The van der Waals surface area contributed by atoms with Crippen molar-refractivity contribution < 1.29 is 33.9 Å². The van der Waals surface area contributed by atoms with Crippen LogP contribution in [-0.4, -0.2) is 99.4 Å². The van der Waals surface area contributed by atoms with Crippen LogP contribution in [-0.2, 0) is 34.3 Å². The Morgan fingerprint density at radius 3 is 2.13 bits per heavy atom. The van der Waals surface area contributed by atoms with Crippen LogP contribution in [0.1, 0.15) is 50.1 Å². The predicted octanol–water partition coefficient (Wildman–Crippen LogP) is 4.23. The van der Waals surface area contributed by atoms with E-state index in [1.165, 1.54) is 30.0 Å². The van der Waals surface area contributed by atoms with E-state index in [9.17, 15) is 24.3 Å². The number of oxime groups is 1. The number of carbonyl (C=O) groups is 4.